The van der Waals surface area contributed by atoms with Gasteiger partial charge in [-0.15, -0.1) is 0 Å². The molecule has 0 aromatic rings. The quantitative estimate of drug-likeness (QED) is 0.533. The van der Waals surface area contributed by atoms with E-state index in [4.69, 9.17) is 0 Å². The lowest BCUT2D eigenvalue weighted by Gasteiger charge is -2.21. The molecule has 0 aromatic carbocycles. The molecule has 1 unspecified atom stereocenters. The highest BCUT2D eigenvalue weighted by Crippen LogP contribution is 2.30. The fourth-order valence-corrected chi connectivity index (χ4v) is 1.46. The van der Waals surface area contributed by atoms with Crippen LogP contribution in [0.2, 0.25) is 0 Å². The molecule has 0 fully saturated rings. The molecule has 0 saturated heterocycles. The van der Waals surface area contributed by atoms with Gasteiger partial charge in [-0.25, -0.2) is 8.78 Å². The summed E-state index contributed by atoms with van der Waals surface area (Å²) in [7, 11) is 0. The maximum absolute atomic E-state index is 12.8. The van der Waals surface area contributed by atoms with Crippen LogP contribution < -0.4 is 0 Å². The summed E-state index contributed by atoms with van der Waals surface area (Å²) in [4.78, 5) is 0. The van der Waals surface area contributed by atoms with E-state index in [0.717, 1.165) is 26.2 Å². The van der Waals surface area contributed by atoms with Crippen molar-refractivity contribution in [3.05, 3.63) is 0 Å². The first-order valence-electron chi connectivity index (χ1n) is 4.90. The number of rotatable bonds is 6. The summed E-state index contributed by atoms with van der Waals surface area (Å²) in [5, 5.41) is 0. The summed E-state index contributed by atoms with van der Waals surface area (Å²) < 4.78 is 25.6. The monoisotopic (exact) mass is 178 g/mol. The van der Waals surface area contributed by atoms with Gasteiger partial charge in [0.05, 0.1) is 0 Å². The second-order valence-corrected chi connectivity index (χ2v) is 3.56. The Labute approximate surface area is 74.4 Å². The molecule has 0 nitrogen and oxygen atoms in total. The van der Waals surface area contributed by atoms with Crippen LogP contribution in [0.3, 0.4) is 0 Å². The SMILES string of the molecule is CCCCCC(CC)C(C)(F)F. The summed E-state index contributed by atoms with van der Waals surface area (Å²) in [6.07, 6.45) is 4.39. The lowest BCUT2D eigenvalue weighted by Crippen LogP contribution is -2.23. The molecular formula is C10H20F2. The molecule has 0 saturated carbocycles. The number of hydrogen-bond acceptors (Lipinski definition) is 0. The third kappa shape index (κ3) is 4.68. The van der Waals surface area contributed by atoms with Crippen LogP contribution in [0, 0.1) is 5.92 Å². The first-order valence-corrected chi connectivity index (χ1v) is 4.90. The topological polar surface area (TPSA) is 0 Å². The smallest absolute Gasteiger partial charge is 0.207 e. The molecule has 0 spiro atoms. The first-order chi connectivity index (χ1) is 5.52. The van der Waals surface area contributed by atoms with Crippen LogP contribution in [0.25, 0.3) is 0 Å². The van der Waals surface area contributed by atoms with E-state index in [0.29, 0.717) is 12.8 Å². The minimum Gasteiger partial charge on any atom is -0.207 e. The Kier molecular flexibility index (Phi) is 5.43. The van der Waals surface area contributed by atoms with Crippen molar-refractivity contribution in [1.29, 1.82) is 0 Å². The van der Waals surface area contributed by atoms with Crippen molar-refractivity contribution >= 4 is 0 Å². The third-order valence-electron chi connectivity index (χ3n) is 2.37. The van der Waals surface area contributed by atoms with Crippen molar-refractivity contribution in [1.82, 2.24) is 0 Å². The maximum atomic E-state index is 12.8. The van der Waals surface area contributed by atoms with E-state index >= 15 is 0 Å². The van der Waals surface area contributed by atoms with Gasteiger partial charge < -0.3 is 0 Å². The van der Waals surface area contributed by atoms with Gasteiger partial charge in [0.25, 0.3) is 0 Å². The molecule has 2 heteroatoms. The average molecular weight is 178 g/mol. The molecule has 12 heavy (non-hydrogen) atoms. The predicted molar refractivity (Wildman–Crippen MR) is 48.5 cm³/mol. The van der Waals surface area contributed by atoms with Gasteiger partial charge in [0, 0.05) is 5.92 Å². The zero-order chi connectivity index (χ0) is 9.61. The van der Waals surface area contributed by atoms with Gasteiger partial charge in [0.15, 0.2) is 0 Å². The normalized spacial score (nSPS) is 14.8. The van der Waals surface area contributed by atoms with Gasteiger partial charge in [0.2, 0.25) is 5.92 Å². The highest BCUT2D eigenvalue weighted by molar-refractivity contribution is 4.70. The van der Waals surface area contributed by atoms with E-state index in [1.807, 2.05) is 6.92 Å². The molecule has 0 radical (unpaired) electrons. The van der Waals surface area contributed by atoms with Crippen molar-refractivity contribution in [2.24, 2.45) is 5.92 Å². The Morgan fingerprint density at radius 2 is 1.75 bits per heavy atom. The van der Waals surface area contributed by atoms with E-state index in [2.05, 4.69) is 6.92 Å². The fourth-order valence-electron chi connectivity index (χ4n) is 1.46. The number of halogens is 2. The molecule has 0 aliphatic rings. The van der Waals surface area contributed by atoms with Gasteiger partial charge in [-0.1, -0.05) is 33.1 Å². The van der Waals surface area contributed by atoms with Gasteiger partial charge in [-0.3, -0.25) is 0 Å². The Hall–Kier alpha value is -0.140. The van der Waals surface area contributed by atoms with Gasteiger partial charge >= 0.3 is 0 Å². The van der Waals surface area contributed by atoms with Crippen LogP contribution in [0.4, 0.5) is 8.78 Å². The van der Waals surface area contributed by atoms with Crippen LogP contribution in [0.15, 0.2) is 0 Å². The second kappa shape index (κ2) is 5.50. The molecule has 0 N–H and O–H groups in total. The van der Waals surface area contributed by atoms with Crippen molar-refractivity contribution < 1.29 is 8.78 Å². The molecule has 74 valence electrons. The summed E-state index contributed by atoms with van der Waals surface area (Å²) in [6.45, 7) is 4.96. The highest BCUT2D eigenvalue weighted by atomic mass is 19.3. The molecule has 0 aliphatic carbocycles. The van der Waals surface area contributed by atoms with Crippen molar-refractivity contribution in [2.45, 2.75) is 58.8 Å². The van der Waals surface area contributed by atoms with E-state index in [1.54, 1.807) is 0 Å². The Balaban J connectivity index is 3.68. The van der Waals surface area contributed by atoms with Crippen LogP contribution in [-0.4, -0.2) is 5.92 Å². The molecule has 0 heterocycles. The van der Waals surface area contributed by atoms with Gasteiger partial charge in [-0.2, -0.15) is 0 Å². The van der Waals surface area contributed by atoms with E-state index in [1.165, 1.54) is 0 Å². The Morgan fingerprint density at radius 3 is 2.08 bits per heavy atom. The highest BCUT2D eigenvalue weighted by Gasteiger charge is 2.31. The van der Waals surface area contributed by atoms with Crippen LogP contribution in [-0.2, 0) is 0 Å². The van der Waals surface area contributed by atoms with Crippen molar-refractivity contribution in [3.63, 3.8) is 0 Å². The predicted octanol–water partition coefficient (Wildman–Crippen LogP) is 4.25. The minimum atomic E-state index is -2.48. The zero-order valence-electron chi connectivity index (χ0n) is 8.37. The van der Waals surface area contributed by atoms with Gasteiger partial charge in [-0.05, 0) is 19.8 Å². The Morgan fingerprint density at radius 1 is 1.17 bits per heavy atom. The van der Waals surface area contributed by atoms with E-state index in [9.17, 15) is 8.78 Å². The molecule has 0 amide bonds. The molecular weight excluding hydrogens is 158 g/mol. The molecule has 0 aliphatic heterocycles. The molecule has 0 rings (SSSR count). The average Bonchev–Trinajstić information content (AvgIpc) is 1.95. The zero-order valence-corrected chi connectivity index (χ0v) is 8.37. The number of hydrogen-bond donors (Lipinski definition) is 0. The first kappa shape index (κ1) is 11.9. The van der Waals surface area contributed by atoms with Crippen molar-refractivity contribution in [3.8, 4) is 0 Å². The summed E-state index contributed by atoms with van der Waals surface area (Å²) in [5.41, 5.74) is 0. The van der Waals surface area contributed by atoms with E-state index < -0.39 is 11.8 Å². The molecule has 0 aromatic heterocycles. The molecule has 0 bridgehead atoms. The van der Waals surface area contributed by atoms with Crippen LogP contribution >= 0.6 is 0 Å². The molecule has 1 atom stereocenters. The number of unbranched alkanes of at least 4 members (excludes halogenated alkanes) is 2. The van der Waals surface area contributed by atoms with Gasteiger partial charge in [0.1, 0.15) is 0 Å². The largest absolute Gasteiger partial charge is 0.248 e. The minimum absolute atomic E-state index is 0.413. The standard InChI is InChI=1S/C10H20F2/c1-4-6-7-8-9(5-2)10(3,11)12/h9H,4-8H2,1-3H3. The summed E-state index contributed by atoms with van der Waals surface area (Å²) in [5.74, 6) is -2.90. The van der Waals surface area contributed by atoms with E-state index in [-0.39, 0.29) is 0 Å². The number of alkyl halides is 2. The fraction of sp³-hybridized carbons (Fsp3) is 1.00. The van der Waals surface area contributed by atoms with Crippen LogP contribution in [0.1, 0.15) is 52.9 Å². The summed E-state index contributed by atoms with van der Waals surface area (Å²) >= 11 is 0. The lowest BCUT2D eigenvalue weighted by atomic mass is 9.93. The lowest BCUT2D eigenvalue weighted by molar-refractivity contribution is -0.0449. The Bertz CT molecular complexity index is 105. The third-order valence-corrected chi connectivity index (χ3v) is 2.37. The van der Waals surface area contributed by atoms with Crippen LogP contribution in [0.5, 0.6) is 0 Å². The van der Waals surface area contributed by atoms with Crippen molar-refractivity contribution in [2.75, 3.05) is 0 Å². The summed E-state index contributed by atoms with van der Waals surface area (Å²) in [6, 6.07) is 0. The second-order valence-electron chi connectivity index (χ2n) is 3.56. The maximum Gasteiger partial charge on any atom is 0.248 e.